The van der Waals surface area contributed by atoms with Gasteiger partial charge in [-0.2, -0.15) is 0 Å². The number of aryl methyl sites for hydroxylation is 2. The van der Waals surface area contributed by atoms with E-state index in [9.17, 15) is 13.2 Å². The van der Waals surface area contributed by atoms with Gasteiger partial charge < -0.3 is 5.32 Å². The molecule has 0 aliphatic carbocycles. The molecule has 0 fully saturated rings. The quantitative estimate of drug-likeness (QED) is 0.477. The van der Waals surface area contributed by atoms with Crippen LogP contribution in [-0.4, -0.2) is 35.2 Å². The predicted molar refractivity (Wildman–Crippen MR) is 129 cm³/mol. The van der Waals surface area contributed by atoms with E-state index in [-0.39, 0.29) is 16.8 Å². The Hall–Kier alpha value is -2.62. The summed E-state index contributed by atoms with van der Waals surface area (Å²) in [5, 5.41) is 3.15. The van der Waals surface area contributed by atoms with Gasteiger partial charge in [0, 0.05) is 29.8 Å². The molecule has 0 saturated heterocycles. The highest BCUT2D eigenvalue weighted by molar-refractivity contribution is 8.00. The Bertz CT molecular complexity index is 1180. The molecule has 1 aromatic heterocycles. The van der Waals surface area contributed by atoms with Crippen molar-refractivity contribution >= 4 is 33.4 Å². The molecule has 1 heterocycles. The molecule has 1 atom stereocenters. The van der Waals surface area contributed by atoms with Gasteiger partial charge >= 0.3 is 0 Å². The number of nitrogens with zero attached hydrogens (tertiary/aromatic N) is 2. The third kappa shape index (κ3) is 5.99. The van der Waals surface area contributed by atoms with Crippen molar-refractivity contribution < 1.29 is 13.2 Å². The van der Waals surface area contributed by atoms with Crippen LogP contribution >= 0.6 is 11.8 Å². The van der Waals surface area contributed by atoms with E-state index in [2.05, 4.69) is 33.2 Å². The van der Waals surface area contributed by atoms with Gasteiger partial charge in [-0.3, -0.25) is 9.36 Å². The number of hydrogen-bond acceptors (Lipinski definition) is 5. The predicted octanol–water partition coefficient (Wildman–Crippen LogP) is 4.30. The summed E-state index contributed by atoms with van der Waals surface area (Å²) in [5.41, 5.74) is 3.85. The number of imidazole rings is 1. The molecule has 0 spiro atoms. The highest BCUT2D eigenvalue weighted by Gasteiger charge is 2.19. The lowest BCUT2D eigenvalue weighted by molar-refractivity contribution is -0.115. The summed E-state index contributed by atoms with van der Waals surface area (Å²) in [5.74, 6) is -0.194. The maximum Gasteiger partial charge on any atom is 0.240 e. The average molecular weight is 473 g/mol. The molecule has 9 heteroatoms. The van der Waals surface area contributed by atoms with Crippen LogP contribution in [0.25, 0.3) is 5.69 Å². The van der Waals surface area contributed by atoms with Gasteiger partial charge in [0.1, 0.15) is 0 Å². The number of aromatic nitrogens is 2. The second kappa shape index (κ2) is 9.89. The fourth-order valence-electron chi connectivity index (χ4n) is 3.21. The minimum absolute atomic E-state index is 0.155. The number of amides is 1. The van der Waals surface area contributed by atoms with Crippen LogP contribution in [-0.2, 0) is 14.8 Å². The van der Waals surface area contributed by atoms with E-state index in [0.717, 1.165) is 22.0 Å². The Kier molecular flexibility index (Phi) is 7.43. The standard InChI is InChI=1S/C23H28N4O3S2/c1-15(2)26-32(29,30)21-8-6-19(7-9-21)25-22(28)18(5)31-23-24-10-11-27(23)20-13-16(3)12-17(4)14-20/h6-15,18,26H,1-5H3,(H,25,28). The van der Waals surface area contributed by atoms with Gasteiger partial charge in [0.25, 0.3) is 0 Å². The first-order chi connectivity index (χ1) is 15.0. The summed E-state index contributed by atoms with van der Waals surface area (Å²) in [4.78, 5) is 17.3. The van der Waals surface area contributed by atoms with Crippen molar-refractivity contribution in [3.05, 3.63) is 66.0 Å². The fraction of sp³-hybridized carbons (Fsp3) is 0.304. The Morgan fingerprint density at radius 1 is 1.03 bits per heavy atom. The largest absolute Gasteiger partial charge is 0.325 e. The number of anilines is 1. The summed E-state index contributed by atoms with van der Waals surface area (Å²) in [6, 6.07) is 12.2. The number of thioether (sulfide) groups is 1. The molecule has 1 unspecified atom stereocenters. The molecule has 3 aromatic rings. The first kappa shape index (κ1) is 24.0. The second-order valence-corrected chi connectivity index (χ2v) is 11.0. The van der Waals surface area contributed by atoms with Gasteiger partial charge in [-0.05, 0) is 82.1 Å². The van der Waals surface area contributed by atoms with Gasteiger partial charge in [0.05, 0.1) is 10.1 Å². The van der Waals surface area contributed by atoms with Crippen LogP contribution in [0.2, 0.25) is 0 Å². The minimum Gasteiger partial charge on any atom is -0.325 e. The smallest absolute Gasteiger partial charge is 0.240 e. The van der Waals surface area contributed by atoms with Crippen LogP contribution in [0.5, 0.6) is 0 Å². The topological polar surface area (TPSA) is 93.1 Å². The van der Waals surface area contributed by atoms with E-state index >= 15 is 0 Å². The maximum absolute atomic E-state index is 12.7. The summed E-state index contributed by atoms with van der Waals surface area (Å²) >= 11 is 1.36. The molecule has 170 valence electrons. The molecule has 2 aromatic carbocycles. The zero-order chi connectivity index (χ0) is 23.5. The van der Waals surface area contributed by atoms with Crippen molar-refractivity contribution in [3.8, 4) is 5.69 Å². The van der Waals surface area contributed by atoms with Gasteiger partial charge in [-0.1, -0.05) is 17.8 Å². The number of carbonyl (C=O) groups is 1. The van der Waals surface area contributed by atoms with E-state index in [1.54, 1.807) is 32.2 Å². The molecule has 2 N–H and O–H groups in total. The molecule has 3 rings (SSSR count). The van der Waals surface area contributed by atoms with Crippen molar-refractivity contribution in [1.82, 2.24) is 14.3 Å². The zero-order valence-electron chi connectivity index (χ0n) is 18.8. The first-order valence-electron chi connectivity index (χ1n) is 10.3. The van der Waals surface area contributed by atoms with Crippen LogP contribution in [0.3, 0.4) is 0 Å². The maximum atomic E-state index is 12.7. The lowest BCUT2D eigenvalue weighted by atomic mass is 10.1. The summed E-state index contributed by atoms with van der Waals surface area (Å²) in [6.45, 7) is 9.43. The SMILES string of the molecule is Cc1cc(C)cc(-n2ccnc2SC(C)C(=O)Nc2ccc(S(=O)(=O)NC(C)C)cc2)c1. The summed E-state index contributed by atoms with van der Waals surface area (Å²) in [7, 11) is -3.57. The molecular weight excluding hydrogens is 444 g/mol. The zero-order valence-corrected chi connectivity index (χ0v) is 20.4. The van der Waals surface area contributed by atoms with Gasteiger partial charge in [0.2, 0.25) is 15.9 Å². The van der Waals surface area contributed by atoms with Crippen LogP contribution in [0.1, 0.15) is 31.9 Å². The van der Waals surface area contributed by atoms with Gasteiger partial charge in [0.15, 0.2) is 5.16 Å². The van der Waals surface area contributed by atoms with Crippen LogP contribution in [0, 0.1) is 13.8 Å². The molecule has 0 saturated carbocycles. The number of benzene rings is 2. The molecule has 7 nitrogen and oxygen atoms in total. The average Bonchev–Trinajstić information content (AvgIpc) is 3.14. The Morgan fingerprint density at radius 2 is 1.66 bits per heavy atom. The Balaban J connectivity index is 1.68. The third-order valence-corrected chi connectivity index (χ3v) is 7.32. The van der Waals surface area contributed by atoms with Crippen molar-refractivity contribution in [2.24, 2.45) is 0 Å². The van der Waals surface area contributed by atoms with E-state index in [4.69, 9.17) is 0 Å². The lowest BCUT2D eigenvalue weighted by Crippen LogP contribution is -2.30. The normalized spacial score (nSPS) is 12.7. The lowest BCUT2D eigenvalue weighted by Gasteiger charge is -2.14. The highest BCUT2D eigenvalue weighted by atomic mass is 32.2. The molecule has 1 amide bonds. The molecule has 32 heavy (non-hydrogen) atoms. The van der Waals surface area contributed by atoms with Gasteiger partial charge in [-0.25, -0.2) is 18.1 Å². The first-order valence-corrected chi connectivity index (χ1v) is 12.6. The number of sulfonamides is 1. The van der Waals surface area contributed by atoms with E-state index in [0.29, 0.717) is 5.69 Å². The second-order valence-electron chi connectivity index (χ2n) is 7.98. The van der Waals surface area contributed by atoms with Crippen molar-refractivity contribution in [3.63, 3.8) is 0 Å². The number of hydrogen-bond donors (Lipinski definition) is 2. The monoisotopic (exact) mass is 472 g/mol. The molecule has 0 bridgehead atoms. The van der Waals surface area contributed by atoms with E-state index in [1.165, 1.54) is 23.9 Å². The number of rotatable bonds is 8. The Morgan fingerprint density at radius 3 is 2.25 bits per heavy atom. The molecular formula is C23H28N4O3S2. The van der Waals surface area contributed by atoms with Crippen LogP contribution in [0.4, 0.5) is 5.69 Å². The Labute approximate surface area is 193 Å². The minimum atomic E-state index is -3.57. The molecule has 0 aliphatic heterocycles. The fourth-order valence-corrected chi connectivity index (χ4v) is 5.35. The highest BCUT2D eigenvalue weighted by Crippen LogP contribution is 2.26. The summed E-state index contributed by atoms with van der Waals surface area (Å²) < 4.78 is 29.0. The number of nitrogens with one attached hydrogen (secondary N) is 2. The van der Waals surface area contributed by atoms with Crippen LogP contribution < -0.4 is 10.0 Å². The van der Waals surface area contributed by atoms with Crippen molar-refractivity contribution in [2.45, 2.75) is 56.0 Å². The van der Waals surface area contributed by atoms with Crippen molar-refractivity contribution in [2.75, 3.05) is 5.32 Å². The summed E-state index contributed by atoms with van der Waals surface area (Å²) in [6.07, 6.45) is 3.60. The molecule has 0 radical (unpaired) electrons. The third-order valence-electron chi connectivity index (χ3n) is 4.57. The van der Waals surface area contributed by atoms with Crippen LogP contribution in [0.15, 0.2) is 64.9 Å². The van der Waals surface area contributed by atoms with E-state index < -0.39 is 15.3 Å². The number of carbonyl (C=O) groups excluding carboxylic acids is 1. The van der Waals surface area contributed by atoms with Crippen molar-refractivity contribution in [1.29, 1.82) is 0 Å². The van der Waals surface area contributed by atoms with E-state index in [1.807, 2.05) is 31.5 Å². The molecule has 0 aliphatic rings. The van der Waals surface area contributed by atoms with Gasteiger partial charge in [-0.15, -0.1) is 0 Å².